The molecule has 0 aliphatic heterocycles. The molecule has 2 nitrogen and oxygen atoms in total. The zero-order valence-electron chi connectivity index (χ0n) is 10.1. The molecule has 16 heavy (non-hydrogen) atoms. The van der Waals surface area contributed by atoms with Gasteiger partial charge in [-0.15, -0.1) is 0 Å². The molecule has 1 aromatic rings. The molecule has 0 spiro atoms. The third-order valence-corrected chi connectivity index (χ3v) is 3.09. The Bertz CT molecular complexity index is 403. The molecule has 1 fully saturated rings. The van der Waals surface area contributed by atoms with Gasteiger partial charge in [0.05, 0.1) is 12.7 Å². The van der Waals surface area contributed by atoms with Gasteiger partial charge in [0.1, 0.15) is 5.75 Å². The Labute approximate surface area is 96.6 Å². The van der Waals surface area contributed by atoms with E-state index in [-0.39, 0.29) is 11.7 Å². The van der Waals surface area contributed by atoms with Gasteiger partial charge in [0.25, 0.3) is 0 Å². The van der Waals surface area contributed by atoms with Gasteiger partial charge in [-0.1, -0.05) is 26.0 Å². The Balaban J connectivity index is 2.43. The highest BCUT2D eigenvalue weighted by Gasteiger charge is 2.32. The average Bonchev–Trinajstić information content (AvgIpc) is 3.10. The fourth-order valence-corrected chi connectivity index (χ4v) is 2.00. The highest BCUT2D eigenvalue weighted by molar-refractivity contribution is 6.02. The van der Waals surface area contributed by atoms with Crippen molar-refractivity contribution in [2.45, 2.75) is 32.6 Å². The number of ketones is 1. The number of para-hydroxylation sites is 1. The molecule has 0 aromatic heterocycles. The predicted molar refractivity (Wildman–Crippen MR) is 64.1 cm³/mol. The minimum Gasteiger partial charge on any atom is -0.496 e. The molecule has 0 saturated heterocycles. The van der Waals surface area contributed by atoms with Gasteiger partial charge in [-0.3, -0.25) is 4.79 Å². The zero-order valence-corrected chi connectivity index (χ0v) is 10.1. The Morgan fingerprint density at radius 3 is 2.56 bits per heavy atom. The van der Waals surface area contributed by atoms with E-state index in [9.17, 15) is 4.79 Å². The van der Waals surface area contributed by atoms with E-state index in [4.69, 9.17) is 4.74 Å². The molecular formula is C14H18O2. The van der Waals surface area contributed by atoms with Crippen LogP contribution in [0.1, 0.15) is 48.5 Å². The van der Waals surface area contributed by atoms with Gasteiger partial charge in [0.15, 0.2) is 5.78 Å². The number of carbonyl (C=O) groups excluding carboxylic acids is 1. The van der Waals surface area contributed by atoms with Gasteiger partial charge in [-0.2, -0.15) is 0 Å². The molecule has 1 aliphatic carbocycles. The summed E-state index contributed by atoms with van der Waals surface area (Å²) in [4.78, 5) is 12.1. The van der Waals surface area contributed by atoms with Crippen LogP contribution < -0.4 is 4.74 Å². The largest absolute Gasteiger partial charge is 0.496 e. The Hall–Kier alpha value is -1.31. The van der Waals surface area contributed by atoms with Crippen LogP contribution in [0.3, 0.4) is 0 Å². The smallest absolute Gasteiger partial charge is 0.169 e. The number of carbonyl (C=O) groups is 1. The Morgan fingerprint density at radius 2 is 2.06 bits per heavy atom. The SMILES string of the molecule is COc1c(C(=O)C2CC2)cccc1C(C)C. The molecule has 0 unspecified atom stereocenters. The van der Waals surface area contributed by atoms with Gasteiger partial charge >= 0.3 is 0 Å². The van der Waals surface area contributed by atoms with Crippen LogP contribution in [-0.2, 0) is 0 Å². The van der Waals surface area contributed by atoms with Crippen LogP contribution in [0.4, 0.5) is 0 Å². The molecule has 2 rings (SSSR count). The molecule has 0 N–H and O–H groups in total. The molecule has 0 bridgehead atoms. The number of rotatable bonds is 4. The summed E-state index contributed by atoms with van der Waals surface area (Å²) in [5, 5.41) is 0. The van der Waals surface area contributed by atoms with Crippen molar-refractivity contribution in [3.05, 3.63) is 29.3 Å². The molecule has 86 valence electrons. The second-order valence-electron chi connectivity index (χ2n) is 4.72. The third kappa shape index (κ3) is 1.97. The van der Waals surface area contributed by atoms with E-state index >= 15 is 0 Å². The van der Waals surface area contributed by atoms with E-state index in [1.54, 1.807) is 7.11 Å². The van der Waals surface area contributed by atoms with Crippen molar-refractivity contribution in [2.24, 2.45) is 5.92 Å². The van der Waals surface area contributed by atoms with E-state index in [1.165, 1.54) is 0 Å². The first-order chi connectivity index (χ1) is 7.65. The third-order valence-electron chi connectivity index (χ3n) is 3.09. The topological polar surface area (TPSA) is 26.3 Å². The molecule has 1 aromatic carbocycles. The van der Waals surface area contributed by atoms with Gasteiger partial charge in [0, 0.05) is 5.92 Å². The van der Waals surface area contributed by atoms with E-state index in [0.717, 1.165) is 29.7 Å². The monoisotopic (exact) mass is 218 g/mol. The quantitative estimate of drug-likeness (QED) is 0.724. The number of methoxy groups -OCH3 is 1. The predicted octanol–water partition coefficient (Wildman–Crippen LogP) is 3.41. The van der Waals surface area contributed by atoms with Gasteiger partial charge in [0.2, 0.25) is 0 Å². The van der Waals surface area contributed by atoms with Crippen molar-refractivity contribution >= 4 is 5.78 Å². The molecule has 0 amide bonds. The molecule has 0 heterocycles. The van der Waals surface area contributed by atoms with Crippen molar-refractivity contribution in [3.8, 4) is 5.75 Å². The van der Waals surface area contributed by atoms with Crippen LogP contribution in [0.2, 0.25) is 0 Å². The zero-order chi connectivity index (χ0) is 11.7. The molecule has 0 atom stereocenters. The van der Waals surface area contributed by atoms with Crippen molar-refractivity contribution in [1.29, 1.82) is 0 Å². The van der Waals surface area contributed by atoms with Gasteiger partial charge < -0.3 is 4.74 Å². The normalized spacial score (nSPS) is 15.2. The fourth-order valence-electron chi connectivity index (χ4n) is 2.00. The van der Waals surface area contributed by atoms with E-state index in [1.807, 2.05) is 18.2 Å². The van der Waals surface area contributed by atoms with Crippen molar-refractivity contribution in [2.75, 3.05) is 7.11 Å². The molecule has 1 aliphatic rings. The van der Waals surface area contributed by atoms with Crippen LogP contribution in [0.25, 0.3) is 0 Å². The Morgan fingerprint density at radius 1 is 1.38 bits per heavy atom. The summed E-state index contributed by atoms with van der Waals surface area (Å²) in [7, 11) is 1.64. The number of hydrogen-bond acceptors (Lipinski definition) is 2. The maximum Gasteiger partial charge on any atom is 0.169 e. The van der Waals surface area contributed by atoms with Crippen LogP contribution in [0.15, 0.2) is 18.2 Å². The Kier molecular flexibility index (Phi) is 2.99. The lowest BCUT2D eigenvalue weighted by Crippen LogP contribution is -2.06. The summed E-state index contributed by atoms with van der Waals surface area (Å²) in [5.41, 5.74) is 1.88. The maximum atomic E-state index is 12.1. The summed E-state index contributed by atoms with van der Waals surface area (Å²) in [6.07, 6.45) is 2.07. The number of hydrogen-bond donors (Lipinski definition) is 0. The summed E-state index contributed by atoms with van der Waals surface area (Å²) >= 11 is 0. The lowest BCUT2D eigenvalue weighted by molar-refractivity contribution is 0.0964. The van der Waals surface area contributed by atoms with Crippen LogP contribution in [-0.4, -0.2) is 12.9 Å². The van der Waals surface area contributed by atoms with Gasteiger partial charge in [-0.05, 0) is 30.4 Å². The number of ether oxygens (including phenoxy) is 1. The van der Waals surface area contributed by atoms with Crippen LogP contribution >= 0.6 is 0 Å². The minimum atomic E-state index is 0.247. The second-order valence-corrected chi connectivity index (χ2v) is 4.72. The summed E-state index contributed by atoms with van der Waals surface area (Å²) in [6, 6.07) is 5.87. The first-order valence-electron chi connectivity index (χ1n) is 5.86. The summed E-state index contributed by atoms with van der Waals surface area (Å²) in [6.45, 7) is 4.23. The standard InChI is InChI=1S/C14H18O2/c1-9(2)11-5-4-6-12(14(11)16-3)13(15)10-7-8-10/h4-6,9-10H,7-8H2,1-3H3. The highest BCUT2D eigenvalue weighted by atomic mass is 16.5. The first-order valence-corrected chi connectivity index (χ1v) is 5.86. The average molecular weight is 218 g/mol. The molecule has 1 saturated carbocycles. The molecule has 0 radical (unpaired) electrons. The van der Waals surface area contributed by atoms with Crippen LogP contribution in [0, 0.1) is 5.92 Å². The van der Waals surface area contributed by atoms with E-state index < -0.39 is 0 Å². The lowest BCUT2D eigenvalue weighted by atomic mass is 9.96. The fraction of sp³-hybridized carbons (Fsp3) is 0.500. The number of benzene rings is 1. The second kappa shape index (κ2) is 4.28. The van der Waals surface area contributed by atoms with Crippen molar-refractivity contribution in [3.63, 3.8) is 0 Å². The van der Waals surface area contributed by atoms with Crippen molar-refractivity contribution in [1.82, 2.24) is 0 Å². The summed E-state index contributed by atoms with van der Waals surface area (Å²) < 4.78 is 5.42. The van der Waals surface area contributed by atoms with E-state index in [0.29, 0.717) is 5.92 Å². The lowest BCUT2D eigenvalue weighted by Gasteiger charge is -2.15. The number of Topliss-reactive ketones (excluding diaryl/α,β-unsaturated/α-hetero) is 1. The minimum absolute atomic E-state index is 0.247. The van der Waals surface area contributed by atoms with E-state index in [2.05, 4.69) is 13.8 Å². The maximum absolute atomic E-state index is 12.1. The first kappa shape index (κ1) is 11.2. The summed E-state index contributed by atoms with van der Waals surface area (Å²) in [5.74, 6) is 1.65. The van der Waals surface area contributed by atoms with Gasteiger partial charge in [-0.25, -0.2) is 0 Å². The van der Waals surface area contributed by atoms with Crippen molar-refractivity contribution < 1.29 is 9.53 Å². The molecule has 2 heteroatoms. The van der Waals surface area contributed by atoms with Crippen LogP contribution in [0.5, 0.6) is 5.75 Å². The molecular weight excluding hydrogens is 200 g/mol. The highest BCUT2D eigenvalue weighted by Crippen LogP contribution is 2.37.